The molecule has 0 fully saturated rings. The van der Waals surface area contributed by atoms with E-state index in [0.717, 1.165) is 11.3 Å². The predicted molar refractivity (Wildman–Crippen MR) is 82.2 cm³/mol. The summed E-state index contributed by atoms with van der Waals surface area (Å²) in [6.45, 7) is 1.59. The van der Waals surface area contributed by atoms with Gasteiger partial charge in [-0.3, -0.25) is 4.72 Å². The molecule has 0 aliphatic rings. The number of hydrogen-bond donors (Lipinski definition) is 1. The molecule has 1 aromatic heterocycles. The maximum atomic E-state index is 12.4. The number of benzene rings is 1. The van der Waals surface area contributed by atoms with Crippen molar-refractivity contribution < 1.29 is 17.9 Å². The lowest BCUT2D eigenvalue weighted by Gasteiger charge is -2.12. The Balaban J connectivity index is 2.39. The second-order valence-electron chi connectivity index (χ2n) is 4.01. The highest BCUT2D eigenvalue weighted by atomic mass is 35.5. The van der Waals surface area contributed by atoms with Crippen LogP contribution in [0.2, 0.25) is 4.47 Å². The monoisotopic (exact) mass is 348 g/mol. The van der Waals surface area contributed by atoms with E-state index in [4.69, 9.17) is 21.1 Å². The molecule has 0 aliphatic heterocycles. The number of hydrogen-bond acceptors (Lipinski definition) is 6. The lowest BCUT2D eigenvalue weighted by Crippen LogP contribution is -2.13. The Kier molecular flexibility index (Phi) is 4.60. The van der Waals surface area contributed by atoms with E-state index in [-0.39, 0.29) is 8.68 Å². The first kappa shape index (κ1) is 15.9. The second-order valence-corrected chi connectivity index (χ2v) is 7.47. The third-order valence-corrected chi connectivity index (χ3v) is 5.86. The Bertz CT molecular complexity index is 759. The minimum absolute atomic E-state index is 0.0744. The van der Waals surface area contributed by atoms with Crippen molar-refractivity contribution in [2.75, 3.05) is 18.9 Å². The fourth-order valence-corrected chi connectivity index (χ4v) is 4.48. The highest BCUT2D eigenvalue weighted by molar-refractivity contribution is 7.94. The molecule has 1 aromatic carbocycles. The van der Waals surface area contributed by atoms with Crippen molar-refractivity contribution in [3.05, 3.63) is 28.4 Å². The third kappa shape index (κ3) is 3.39. The zero-order chi connectivity index (χ0) is 15.6. The van der Waals surface area contributed by atoms with Crippen molar-refractivity contribution in [1.29, 1.82) is 0 Å². The van der Waals surface area contributed by atoms with Crippen molar-refractivity contribution in [2.24, 2.45) is 0 Å². The number of aryl methyl sites for hydroxylation is 1. The molecule has 0 saturated heterocycles. The molecule has 0 radical (unpaired) electrons. The molecule has 114 valence electrons. The largest absolute Gasteiger partial charge is 0.497 e. The molecule has 2 rings (SSSR count). The molecule has 0 atom stereocenters. The van der Waals surface area contributed by atoms with Gasteiger partial charge in [0.05, 0.1) is 25.6 Å². The summed E-state index contributed by atoms with van der Waals surface area (Å²) in [5.41, 5.74) is 0.659. The van der Waals surface area contributed by atoms with Gasteiger partial charge in [-0.25, -0.2) is 13.4 Å². The van der Waals surface area contributed by atoms with Crippen molar-refractivity contribution in [3.8, 4) is 11.5 Å². The van der Waals surface area contributed by atoms with Gasteiger partial charge in [0, 0.05) is 6.07 Å². The number of nitrogens with one attached hydrogen (secondary N) is 1. The molecule has 0 bridgehead atoms. The Hall–Kier alpha value is -1.51. The highest BCUT2D eigenvalue weighted by Crippen LogP contribution is 2.33. The summed E-state index contributed by atoms with van der Waals surface area (Å²) in [5, 5.41) is 0. The molecule has 0 saturated carbocycles. The van der Waals surface area contributed by atoms with Crippen molar-refractivity contribution in [3.63, 3.8) is 0 Å². The molecule has 0 amide bonds. The number of nitrogens with zero attached hydrogens (tertiary/aromatic N) is 1. The summed E-state index contributed by atoms with van der Waals surface area (Å²) < 4.78 is 37.7. The molecular formula is C12H13ClN2O4S2. The number of aromatic nitrogens is 1. The van der Waals surface area contributed by atoms with Gasteiger partial charge in [0.15, 0.2) is 8.68 Å². The molecular weight excluding hydrogens is 336 g/mol. The standard InChI is InChI=1S/C12H13ClN2O4S2/c1-7-11(20-12(13)14-7)21(16,17)15-9-5-4-8(18-2)6-10(9)19-3/h4-6,15H,1-3H3. The first-order valence-electron chi connectivity index (χ1n) is 5.75. The summed E-state index contributed by atoms with van der Waals surface area (Å²) >= 11 is 6.65. The number of sulfonamides is 1. The fraction of sp³-hybridized carbons (Fsp3) is 0.250. The van der Waals surface area contributed by atoms with Gasteiger partial charge in [-0.05, 0) is 19.1 Å². The van der Waals surface area contributed by atoms with Crippen molar-refractivity contribution >= 4 is 38.6 Å². The van der Waals surface area contributed by atoms with Crippen LogP contribution in [0.25, 0.3) is 0 Å². The summed E-state index contributed by atoms with van der Waals surface area (Å²) in [7, 11) is -0.814. The van der Waals surface area contributed by atoms with E-state index in [1.807, 2.05) is 0 Å². The van der Waals surface area contributed by atoms with E-state index in [0.29, 0.717) is 22.9 Å². The highest BCUT2D eigenvalue weighted by Gasteiger charge is 2.23. The minimum atomic E-state index is -3.77. The fourth-order valence-electron chi connectivity index (χ4n) is 1.67. The lowest BCUT2D eigenvalue weighted by molar-refractivity contribution is 0.395. The van der Waals surface area contributed by atoms with Gasteiger partial charge in [0.2, 0.25) is 0 Å². The van der Waals surface area contributed by atoms with Crippen LogP contribution in [0.1, 0.15) is 5.69 Å². The molecule has 9 heteroatoms. The van der Waals surface area contributed by atoms with Crippen molar-refractivity contribution in [1.82, 2.24) is 4.98 Å². The topological polar surface area (TPSA) is 77.5 Å². The number of methoxy groups -OCH3 is 2. The third-order valence-electron chi connectivity index (χ3n) is 2.63. The summed E-state index contributed by atoms with van der Waals surface area (Å²) in [6, 6.07) is 4.78. The number of halogens is 1. The van der Waals surface area contributed by atoms with E-state index in [9.17, 15) is 8.42 Å². The predicted octanol–water partition coefficient (Wildman–Crippen LogP) is 2.92. The number of anilines is 1. The number of ether oxygens (including phenoxy) is 2. The van der Waals surface area contributed by atoms with Gasteiger partial charge in [-0.15, -0.1) is 0 Å². The Morgan fingerprint density at radius 3 is 2.52 bits per heavy atom. The van der Waals surface area contributed by atoms with Crippen LogP contribution < -0.4 is 14.2 Å². The first-order chi connectivity index (χ1) is 9.87. The summed E-state index contributed by atoms with van der Waals surface area (Å²) in [4.78, 5) is 3.90. The smallest absolute Gasteiger partial charge is 0.273 e. The molecule has 1 heterocycles. The van der Waals surface area contributed by atoms with Gasteiger partial charge in [0.1, 0.15) is 11.5 Å². The number of thiazole rings is 1. The van der Waals surface area contributed by atoms with Gasteiger partial charge in [0.25, 0.3) is 10.0 Å². The summed E-state index contributed by atoms with van der Waals surface area (Å²) in [6.07, 6.45) is 0. The lowest BCUT2D eigenvalue weighted by atomic mass is 10.3. The van der Waals surface area contributed by atoms with Crippen LogP contribution in [0.3, 0.4) is 0 Å². The van der Waals surface area contributed by atoms with E-state index in [1.165, 1.54) is 14.2 Å². The van der Waals surface area contributed by atoms with Crippen LogP contribution in [-0.2, 0) is 10.0 Å². The zero-order valence-corrected chi connectivity index (χ0v) is 13.9. The van der Waals surface area contributed by atoms with Gasteiger partial charge in [-0.1, -0.05) is 22.9 Å². The zero-order valence-electron chi connectivity index (χ0n) is 11.5. The molecule has 0 aliphatic carbocycles. The van der Waals surface area contributed by atoms with E-state index in [1.54, 1.807) is 25.1 Å². The van der Waals surface area contributed by atoms with Crippen LogP contribution in [0.5, 0.6) is 11.5 Å². The average Bonchev–Trinajstić information content (AvgIpc) is 2.78. The molecule has 0 spiro atoms. The number of rotatable bonds is 5. The normalized spacial score (nSPS) is 11.2. The van der Waals surface area contributed by atoms with Crippen LogP contribution in [-0.4, -0.2) is 27.6 Å². The average molecular weight is 349 g/mol. The SMILES string of the molecule is COc1ccc(NS(=O)(=O)c2sc(Cl)nc2C)c(OC)c1. The maximum absolute atomic E-state index is 12.4. The molecule has 2 aromatic rings. The van der Waals surface area contributed by atoms with Gasteiger partial charge < -0.3 is 9.47 Å². The Morgan fingerprint density at radius 1 is 1.29 bits per heavy atom. The Labute approximate surface area is 131 Å². The first-order valence-corrected chi connectivity index (χ1v) is 8.43. The van der Waals surface area contributed by atoms with Crippen molar-refractivity contribution in [2.45, 2.75) is 11.1 Å². The van der Waals surface area contributed by atoms with E-state index >= 15 is 0 Å². The molecule has 21 heavy (non-hydrogen) atoms. The van der Waals surface area contributed by atoms with Gasteiger partial charge in [-0.2, -0.15) is 0 Å². The Morgan fingerprint density at radius 2 is 2.00 bits per heavy atom. The van der Waals surface area contributed by atoms with Crippen LogP contribution in [0.4, 0.5) is 5.69 Å². The van der Waals surface area contributed by atoms with E-state index < -0.39 is 10.0 Å². The van der Waals surface area contributed by atoms with Crippen LogP contribution in [0.15, 0.2) is 22.4 Å². The quantitative estimate of drug-likeness (QED) is 0.898. The summed E-state index contributed by atoms with van der Waals surface area (Å²) in [5.74, 6) is 0.915. The molecule has 1 N–H and O–H groups in total. The second kappa shape index (κ2) is 6.08. The van der Waals surface area contributed by atoms with Gasteiger partial charge >= 0.3 is 0 Å². The molecule has 0 unspecified atom stereocenters. The molecule has 6 nitrogen and oxygen atoms in total. The maximum Gasteiger partial charge on any atom is 0.273 e. The van der Waals surface area contributed by atoms with Crippen LogP contribution in [0, 0.1) is 6.92 Å². The van der Waals surface area contributed by atoms with Crippen LogP contribution >= 0.6 is 22.9 Å². The minimum Gasteiger partial charge on any atom is -0.497 e. The van der Waals surface area contributed by atoms with E-state index in [2.05, 4.69) is 9.71 Å².